The minimum absolute atomic E-state index is 0.615. The van der Waals surface area contributed by atoms with Crippen molar-refractivity contribution in [3.63, 3.8) is 0 Å². The first-order valence-corrected chi connectivity index (χ1v) is 6.36. The normalized spacial score (nSPS) is 11.1. The van der Waals surface area contributed by atoms with E-state index in [1.54, 1.807) is 0 Å². The van der Waals surface area contributed by atoms with Gasteiger partial charge in [-0.05, 0) is 36.2 Å². The number of nitrogens with two attached hydrogens (primary N) is 1. The van der Waals surface area contributed by atoms with Gasteiger partial charge in [0.15, 0.2) is 0 Å². The van der Waals surface area contributed by atoms with Crippen molar-refractivity contribution in [3.8, 4) is 0 Å². The number of benzene rings is 1. The Hall–Kier alpha value is -1.58. The maximum Gasteiger partial charge on any atom is 0.0230 e. The van der Waals surface area contributed by atoms with Gasteiger partial charge in [-0.15, -0.1) is 0 Å². The maximum atomic E-state index is 5.59. The molecule has 0 saturated carbocycles. The number of hydrogen-bond donors (Lipinski definition) is 2. The Bertz CT molecular complexity index is 445. The first-order valence-electron chi connectivity index (χ1n) is 6.36. The summed E-state index contributed by atoms with van der Waals surface area (Å²) < 4.78 is 0. The smallest absolute Gasteiger partial charge is 0.0230 e. The number of H-pyrrole nitrogens is 1. The van der Waals surface area contributed by atoms with Crippen LogP contribution in [0.25, 0.3) is 0 Å². The van der Waals surface area contributed by atoms with Gasteiger partial charge in [0.1, 0.15) is 0 Å². The van der Waals surface area contributed by atoms with Crippen LogP contribution in [0.5, 0.6) is 0 Å². The van der Waals surface area contributed by atoms with Crippen LogP contribution in [0.1, 0.15) is 16.7 Å². The van der Waals surface area contributed by atoms with Gasteiger partial charge in [0.25, 0.3) is 0 Å². The second-order valence-corrected chi connectivity index (χ2v) is 4.73. The zero-order chi connectivity index (χ0) is 12.8. The van der Waals surface area contributed by atoms with E-state index >= 15 is 0 Å². The summed E-state index contributed by atoms with van der Waals surface area (Å²) in [4.78, 5) is 5.42. The van der Waals surface area contributed by atoms with Gasteiger partial charge >= 0.3 is 0 Å². The Labute approximate surface area is 109 Å². The van der Waals surface area contributed by atoms with Crippen LogP contribution in [-0.4, -0.2) is 23.5 Å². The Morgan fingerprint density at radius 2 is 1.78 bits per heavy atom. The highest BCUT2D eigenvalue weighted by Gasteiger charge is 2.01. The fourth-order valence-corrected chi connectivity index (χ4v) is 2.01. The minimum atomic E-state index is 0.615. The largest absolute Gasteiger partial charge is 0.367 e. The van der Waals surface area contributed by atoms with Gasteiger partial charge in [0.05, 0.1) is 0 Å². The number of hydrogen-bond acceptors (Lipinski definition) is 2. The van der Waals surface area contributed by atoms with E-state index in [4.69, 9.17) is 5.73 Å². The van der Waals surface area contributed by atoms with E-state index in [0.717, 1.165) is 19.5 Å². The lowest BCUT2D eigenvalue weighted by molar-refractivity contribution is 0.331. The lowest BCUT2D eigenvalue weighted by Crippen LogP contribution is -2.20. The SMILES string of the molecule is CN(CCc1cc[nH]c1)Cc1ccc(CN)cc1. The Balaban J connectivity index is 1.80. The van der Waals surface area contributed by atoms with Crippen LogP contribution in [0.4, 0.5) is 0 Å². The first-order chi connectivity index (χ1) is 8.78. The number of rotatable bonds is 6. The van der Waals surface area contributed by atoms with Gasteiger partial charge in [0, 0.05) is 32.0 Å². The number of nitrogens with one attached hydrogen (secondary N) is 1. The third-order valence-corrected chi connectivity index (χ3v) is 3.16. The van der Waals surface area contributed by atoms with E-state index in [1.165, 1.54) is 16.7 Å². The number of nitrogens with zero attached hydrogens (tertiary/aromatic N) is 1. The molecule has 0 amide bonds. The third-order valence-electron chi connectivity index (χ3n) is 3.16. The van der Waals surface area contributed by atoms with Crippen molar-refractivity contribution >= 4 is 0 Å². The molecule has 3 N–H and O–H groups in total. The molecule has 0 saturated heterocycles. The molecule has 0 radical (unpaired) electrons. The summed E-state index contributed by atoms with van der Waals surface area (Å²) in [7, 11) is 2.16. The molecule has 0 spiro atoms. The topological polar surface area (TPSA) is 45.0 Å². The highest BCUT2D eigenvalue weighted by atomic mass is 15.1. The van der Waals surface area contributed by atoms with Crippen LogP contribution in [0, 0.1) is 0 Å². The molecule has 3 heteroatoms. The molecule has 1 aromatic heterocycles. The van der Waals surface area contributed by atoms with Gasteiger partial charge in [-0.1, -0.05) is 24.3 Å². The van der Waals surface area contributed by atoms with Crippen LogP contribution in [-0.2, 0) is 19.5 Å². The van der Waals surface area contributed by atoms with E-state index in [9.17, 15) is 0 Å². The van der Waals surface area contributed by atoms with Crippen LogP contribution in [0.15, 0.2) is 42.7 Å². The predicted molar refractivity (Wildman–Crippen MR) is 75.2 cm³/mol. The van der Waals surface area contributed by atoms with Gasteiger partial charge in [-0.25, -0.2) is 0 Å². The van der Waals surface area contributed by atoms with Crippen molar-refractivity contribution in [2.75, 3.05) is 13.6 Å². The monoisotopic (exact) mass is 243 g/mol. The lowest BCUT2D eigenvalue weighted by atomic mass is 10.1. The highest BCUT2D eigenvalue weighted by Crippen LogP contribution is 2.07. The molecule has 2 rings (SSSR count). The first kappa shape index (κ1) is 12.9. The van der Waals surface area contributed by atoms with Crippen molar-refractivity contribution in [3.05, 3.63) is 59.4 Å². The Morgan fingerprint density at radius 3 is 2.39 bits per heavy atom. The molecule has 0 atom stereocenters. The molecule has 0 aliphatic carbocycles. The molecule has 1 aromatic carbocycles. The molecule has 0 unspecified atom stereocenters. The van der Waals surface area contributed by atoms with Gasteiger partial charge < -0.3 is 15.6 Å². The summed E-state index contributed by atoms with van der Waals surface area (Å²) in [5.74, 6) is 0. The number of aromatic amines is 1. The molecule has 3 nitrogen and oxygen atoms in total. The summed E-state index contributed by atoms with van der Waals surface area (Å²) >= 11 is 0. The van der Waals surface area contributed by atoms with Crippen LogP contribution in [0.3, 0.4) is 0 Å². The standard InChI is InChI=1S/C15H21N3/c1-18(9-7-14-6-8-17-11-14)12-15-4-2-13(10-16)3-5-15/h2-6,8,11,17H,7,9-10,12,16H2,1H3. The van der Waals surface area contributed by atoms with E-state index < -0.39 is 0 Å². The molecule has 0 aliphatic rings. The average molecular weight is 243 g/mol. The van der Waals surface area contributed by atoms with Crippen molar-refractivity contribution in [2.24, 2.45) is 5.73 Å². The van der Waals surface area contributed by atoms with E-state index in [2.05, 4.69) is 53.5 Å². The molecule has 2 aromatic rings. The Morgan fingerprint density at radius 1 is 1.06 bits per heavy atom. The molecule has 18 heavy (non-hydrogen) atoms. The molecular weight excluding hydrogens is 222 g/mol. The molecule has 1 heterocycles. The van der Waals surface area contributed by atoms with Gasteiger partial charge in [0.2, 0.25) is 0 Å². The van der Waals surface area contributed by atoms with Crippen LogP contribution in [0.2, 0.25) is 0 Å². The second kappa shape index (κ2) is 6.38. The van der Waals surface area contributed by atoms with E-state index in [-0.39, 0.29) is 0 Å². The second-order valence-electron chi connectivity index (χ2n) is 4.73. The summed E-state index contributed by atoms with van der Waals surface area (Å²) in [6.45, 7) is 2.66. The van der Waals surface area contributed by atoms with Crippen molar-refractivity contribution < 1.29 is 0 Å². The Kier molecular flexibility index (Phi) is 4.56. The third kappa shape index (κ3) is 3.72. The fourth-order valence-electron chi connectivity index (χ4n) is 2.01. The van der Waals surface area contributed by atoms with Gasteiger partial charge in [-0.2, -0.15) is 0 Å². The highest BCUT2D eigenvalue weighted by molar-refractivity contribution is 5.22. The maximum absolute atomic E-state index is 5.59. The number of aromatic nitrogens is 1. The van der Waals surface area contributed by atoms with Crippen molar-refractivity contribution in [1.82, 2.24) is 9.88 Å². The van der Waals surface area contributed by atoms with Crippen LogP contribution < -0.4 is 5.73 Å². The predicted octanol–water partition coefficient (Wildman–Crippen LogP) is 2.15. The summed E-state index contributed by atoms with van der Waals surface area (Å²) in [6.07, 6.45) is 5.12. The molecule has 0 bridgehead atoms. The summed E-state index contributed by atoms with van der Waals surface area (Å²) in [6, 6.07) is 10.7. The minimum Gasteiger partial charge on any atom is -0.367 e. The van der Waals surface area contributed by atoms with E-state index in [1.807, 2.05) is 6.20 Å². The molecular formula is C15H21N3. The molecule has 96 valence electrons. The number of likely N-dealkylation sites (N-methyl/N-ethyl adjacent to an activating group) is 1. The summed E-state index contributed by atoms with van der Waals surface area (Å²) in [5.41, 5.74) is 9.48. The van der Waals surface area contributed by atoms with Crippen LogP contribution >= 0.6 is 0 Å². The zero-order valence-corrected chi connectivity index (χ0v) is 10.9. The zero-order valence-electron chi connectivity index (χ0n) is 10.9. The van der Waals surface area contributed by atoms with Crippen molar-refractivity contribution in [2.45, 2.75) is 19.5 Å². The van der Waals surface area contributed by atoms with Crippen molar-refractivity contribution in [1.29, 1.82) is 0 Å². The summed E-state index contributed by atoms with van der Waals surface area (Å²) in [5, 5.41) is 0. The lowest BCUT2D eigenvalue weighted by Gasteiger charge is -2.16. The quantitative estimate of drug-likeness (QED) is 0.816. The molecule has 0 fully saturated rings. The fraction of sp³-hybridized carbons (Fsp3) is 0.333. The van der Waals surface area contributed by atoms with E-state index in [0.29, 0.717) is 6.54 Å². The average Bonchev–Trinajstić information content (AvgIpc) is 2.90. The van der Waals surface area contributed by atoms with Gasteiger partial charge in [-0.3, -0.25) is 0 Å². The molecule has 0 aliphatic heterocycles.